The van der Waals surface area contributed by atoms with E-state index in [1.54, 1.807) is 0 Å². The van der Waals surface area contributed by atoms with Gasteiger partial charge in [-0.3, -0.25) is 0 Å². The van der Waals surface area contributed by atoms with Crippen LogP contribution in [0.25, 0.3) is 11.0 Å². The lowest BCUT2D eigenvalue weighted by Gasteiger charge is -2.10. The number of aryl methyl sites for hydroxylation is 1. The molecule has 3 aliphatic carbocycles. The normalized spacial score (nSPS) is 37.5. The molecule has 2 bridgehead atoms. The van der Waals surface area contributed by atoms with Crippen LogP contribution in [-0.4, -0.2) is 6.04 Å². The Morgan fingerprint density at radius 3 is 2.70 bits per heavy atom. The van der Waals surface area contributed by atoms with Gasteiger partial charge in [-0.25, -0.2) is 0 Å². The lowest BCUT2D eigenvalue weighted by molar-refractivity contribution is 0.456. The first-order valence-electron chi connectivity index (χ1n) is 8.03. The van der Waals surface area contributed by atoms with Gasteiger partial charge in [0, 0.05) is 23.5 Å². The summed E-state index contributed by atoms with van der Waals surface area (Å²) in [5, 5.41) is 5.12. The molecule has 1 heterocycles. The van der Waals surface area contributed by atoms with Crippen molar-refractivity contribution in [2.45, 2.75) is 38.8 Å². The molecule has 0 aliphatic heterocycles. The average Bonchev–Trinajstić information content (AvgIpc) is 2.77. The summed E-state index contributed by atoms with van der Waals surface area (Å²) in [6, 6.07) is 9.20. The van der Waals surface area contributed by atoms with Gasteiger partial charge in [-0.15, -0.1) is 0 Å². The van der Waals surface area contributed by atoms with E-state index in [-0.39, 0.29) is 0 Å². The van der Waals surface area contributed by atoms with Crippen LogP contribution in [0, 0.1) is 30.6 Å². The molecule has 5 rings (SSSR count). The molecular formula is C18H21NO. The molecule has 1 aromatic heterocycles. The number of para-hydroxylation sites is 1. The Hall–Kier alpha value is -1.28. The fourth-order valence-electron chi connectivity index (χ4n) is 5.26. The summed E-state index contributed by atoms with van der Waals surface area (Å²) >= 11 is 0. The van der Waals surface area contributed by atoms with Gasteiger partial charge in [-0.05, 0) is 55.9 Å². The van der Waals surface area contributed by atoms with E-state index in [4.69, 9.17) is 4.42 Å². The minimum absolute atomic E-state index is 0.800. The third-order valence-electron chi connectivity index (χ3n) is 6.15. The highest BCUT2D eigenvalue weighted by molar-refractivity contribution is 5.82. The Labute approximate surface area is 119 Å². The van der Waals surface area contributed by atoms with E-state index in [2.05, 4.69) is 30.4 Å². The maximum absolute atomic E-state index is 5.86. The summed E-state index contributed by atoms with van der Waals surface area (Å²) in [4.78, 5) is 0. The minimum Gasteiger partial charge on any atom is -0.461 e. The van der Waals surface area contributed by atoms with Crippen molar-refractivity contribution in [3.63, 3.8) is 0 Å². The fraction of sp³-hybridized carbons (Fsp3) is 0.556. The number of nitrogens with one attached hydrogen (secondary N) is 1. The lowest BCUT2D eigenvalue weighted by atomic mass is 10.0. The predicted molar refractivity (Wildman–Crippen MR) is 79.4 cm³/mol. The van der Waals surface area contributed by atoms with Crippen LogP contribution in [0.1, 0.15) is 30.6 Å². The van der Waals surface area contributed by atoms with Gasteiger partial charge >= 0.3 is 0 Å². The molecule has 3 aliphatic rings. The number of hydrogen-bond acceptors (Lipinski definition) is 2. The summed E-state index contributed by atoms with van der Waals surface area (Å²) in [5.74, 6) is 5.18. The Balaban J connectivity index is 1.36. The predicted octanol–water partition coefficient (Wildman–Crippen LogP) is 3.88. The quantitative estimate of drug-likeness (QED) is 0.913. The van der Waals surface area contributed by atoms with E-state index in [0.29, 0.717) is 0 Å². The van der Waals surface area contributed by atoms with Crippen LogP contribution >= 0.6 is 0 Å². The smallest absolute Gasteiger partial charge is 0.134 e. The van der Waals surface area contributed by atoms with Gasteiger partial charge in [0.1, 0.15) is 11.3 Å². The SMILES string of the molecule is Cc1oc2ccccc2c1CNC1C2C3CCC(C3)C12. The van der Waals surface area contributed by atoms with Gasteiger partial charge in [-0.1, -0.05) is 18.2 Å². The first kappa shape index (κ1) is 11.4. The van der Waals surface area contributed by atoms with Gasteiger partial charge in [0.25, 0.3) is 0 Å². The highest BCUT2D eigenvalue weighted by Crippen LogP contribution is 2.65. The van der Waals surface area contributed by atoms with E-state index >= 15 is 0 Å². The second kappa shape index (κ2) is 3.88. The van der Waals surface area contributed by atoms with E-state index in [9.17, 15) is 0 Å². The van der Waals surface area contributed by atoms with Crippen LogP contribution in [0.3, 0.4) is 0 Å². The van der Waals surface area contributed by atoms with Gasteiger partial charge in [0.15, 0.2) is 0 Å². The van der Waals surface area contributed by atoms with E-state index < -0.39 is 0 Å². The molecule has 2 heteroatoms. The summed E-state index contributed by atoms with van der Waals surface area (Å²) < 4.78 is 5.86. The summed E-state index contributed by atoms with van der Waals surface area (Å²) in [7, 11) is 0. The molecule has 1 aromatic carbocycles. The number of benzene rings is 1. The van der Waals surface area contributed by atoms with E-state index in [0.717, 1.165) is 47.6 Å². The average molecular weight is 267 g/mol. The first-order valence-corrected chi connectivity index (χ1v) is 8.03. The number of fused-ring (bicyclic) bond motifs is 6. The molecule has 3 fully saturated rings. The van der Waals surface area contributed by atoms with Crippen molar-refractivity contribution < 1.29 is 4.42 Å². The standard InChI is InChI=1S/C18H21NO/c1-10-14(13-4-2-3-5-15(13)20-10)9-19-18-16-11-6-7-12(8-11)17(16)18/h2-5,11-12,16-19H,6-9H2,1H3. The second-order valence-electron chi connectivity index (χ2n) is 7.03. The molecular weight excluding hydrogens is 246 g/mol. The molecule has 1 N–H and O–H groups in total. The van der Waals surface area contributed by atoms with Crippen LogP contribution in [0.5, 0.6) is 0 Å². The Bertz CT molecular complexity index is 657. The van der Waals surface area contributed by atoms with Crippen molar-refractivity contribution in [3.05, 3.63) is 35.6 Å². The van der Waals surface area contributed by atoms with Crippen molar-refractivity contribution in [2.24, 2.45) is 23.7 Å². The summed E-state index contributed by atoms with van der Waals surface area (Å²) in [6.45, 7) is 3.06. The monoisotopic (exact) mass is 267 g/mol. The first-order chi connectivity index (χ1) is 9.83. The topological polar surface area (TPSA) is 25.2 Å². The van der Waals surface area contributed by atoms with E-state index in [1.165, 1.54) is 30.2 Å². The molecule has 3 saturated carbocycles. The zero-order valence-electron chi connectivity index (χ0n) is 11.9. The maximum atomic E-state index is 5.86. The Kier molecular flexibility index (Phi) is 2.21. The van der Waals surface area contributed by atoms with Crippen LogP contribution in [0.15, 0.2) is 28.7 Å². The lowest BCUT2D eigenvalue weighted by Crippen LogP contribution is -2.22. The molecule has 4 atom stereocenters. The molecule has 2 nitrogen and oxygen atoms in total. The largest absolute Gasteiger partial charge is 0.461 e. The molecule has 4 unspecified atom stereocenters. The second-order valence-corrected chi connectivity index (χ2v) is 7.03. The zero-order chi connectivity index (χ0) is 13.3. The minimum atomic E-state index is 0.800. The molecule has 2 aromatic rings. The third kappa shape index (κ3) is 1.43. The molecule has 0 amide bonds. The third-order valence-corrected chi connectivity index (χ3v) is 6.15. The van der Waals surface area contributed by atoms with E-state index in [1.807, 2.05) is 6.07 Å². The van der Waals surface area contributed by atoms with Crippen LogP contribution in [0.4, 0.5) is 0 Å². The fourth-order valence-corrected chi connectivity index (χ4v) is 5.26. The molecule has 0 saturated heterocycles. The van der Waals surface area contributed by atoms with Crippen LogP contribution < -0.4 is 5.32 Å². The Morgan fingerprint density at radius 2 is 1.90 bits per heavy atom. The number of rotatable bonds is 3. The van der Waals surface area contributed by atoms with Gasteiger partial charge < -0.3 is 9.73 Å². The van der Waals surface area contributed by atoms with Crippen molar-refractivity contribution in [1.29, 1.82) is 0 Å². The zero-order valence-corrected chi connectivity index (χ0v) is 11.9. The summed E-state index contributed by atoms with van der Waals surface area (Å²) in [5.41, 5.74) is 2.38. The molecule has 0 spiro atoms. The van der Waals surface area contributed by atoms with Crippen molar-refractivity contribution in [3.8, 4) is 0 Å². The van der Waals surface area contributed by atoms with Crippen molar-refractivity contribution in [1.82, 2.24) is 5.32 Å². The Morgan fingerprint density at radius 1 is 1.15 bits per heavy atom. The maximum Gasteiger partial charge on any atom is 0.134 e. The number of furan rings is 1. The highest BCUT2D eigenvalue weighted by Gasteiger charge is 2.64. The molecule has 20 heavy (non-hydrogen) atoms. The van der Waals surface area contributed by atoms with Gasteiger partial charge in [0.05, 0.1) is 0 Å². The number of hydrogen-bond donors (Lipinski definition) is 1. The van der Waals surface area contributed by atoms with Gasteiger partial charge in [-0.2, -0.15) is 0 Å². The van der Waals surface area contributed by atoms with Crippen LogP contribution in [-0.2, 0) is 6.54 Å². The van der Waals surface area contributed by atoms with Crippen molar-refractivity contribution >= 4 is 11.0 Å². The summed E-state index contributed by atoms with van der Waals surface area (Å²) in [6.07, 6.45) is 4.52. The van der Waals surface area contributed by atoms with Crippen LogP contribution in [0.2, 0.25) is 0 Å². The highest BCUT2D eigenvalue weighted by atomic mass is 16.3. The molecule has 104 valence electrons. The van der Waals surface area contributed by atoms with Gasteiger partial charge in [0.2, 0.25) is 0 Å². The molecule has 0 radical (unpaired) electrons. The van der Waals surface area contributed by atoms with Crippen molar-refractivity contribution in [2.75, 3.05) is 0 Å².